The summed E-state index contributed by atoms with van der Waals surface area (Å²) in [6, 6.07) is 0.503. The maximum Gasteiger partial charge on any atom is 0.419 e. The molecule has 0 fully saturated rings. The molecular formula is C9H5F6NO2. The van der Waals surface area contributed by atoms with Crippen molar-refractivity contribution >= 4 is 0 Å². The molecule has 0 unspecified atom stereocenters. The van der Waals surface area contributed by atoms with Crippen molar-refractivity contribution in [2.75, 3.05) is 0 Å². The second-order valence-electron chi connectivity index (χ2n) is 2.83. The summed E-state index contributed by atoms with van der Waals surface area (Å²) >= 11 is 0. The molecule has 0 saturated heterocycles. The summed E-state index contributed by atoms with van der Waals surface area (Å²) < 4.78 is 72.1. The van der Waals surface area contributed by atoms with Crippen LogP contribution in [0, 0.1) is 11.5 Å². The smallest absolute Gasteiger partial charge is 0.419 e. The van der Waals surface area contributed by atoms with Crippen LogP contribution in [0.15, 0.2) is 18.2 Å². The van der Waals surface area contributed by atoms with Gasteiger partial charge in [-0.05, 0) is 18.2 Å². The van der Waals surface area contributed by atoms with Gasteiger partial charge in [0, 0.05) is 0 Å². The van der Waals surface area contributed by atoms with E-state index in [1.54, 1.807) is 0 Å². The summed E-state index contributed by atoms with van der Waals surface area (Å²) in [5.41, 5.74) is -2.82. The molecule has 0 aliphatic heterocycles. The predicted molar refractivity (Wildman–Crippen MR) is 45.7 cm³/mol. The summed E-state index contributed by atoms with van der Waals surface area (Å²) in [4.78, 5) is 0. The summed E-state index contributed by atoms with van der Waals surface area (Å²) in [6.07, 6.45) is -8.89. The fourth-order valence-corrected chi connectivity index (χ4v) is 0.948. The maximum absolute atomic E-state index is 12.0. The van der Waals surface area contributed by atoms with Crippen LogP contribution in [0.3, 0.4) is 0 Å². The highest BCUT2D eigenvalue weighted by Crippen LogP contribution is 2.39. The predicted octanol–water partition coefficient (Wildman–Crippen LogP) is 3.27. The fourth-order valence-electron chi connectivity index (χ4n) is 0.948. The Labute approximate surface area is 96.5 Å². The maximum atomic E-state index is 12.0. The molecule has 0 radical (unpaired) electrons. The summed E-state index contributed by atoms with van der Waals surface area (Å²) in [7, 11) is 0. The van der Waals surface area contributed by atoms with Crippen LogP contribution in [0.1, 0.15) is 11.1 Å². The van der Waals surface area contributed by atoms with Crippen molar-refractivity contribution in [3.05, 3.63) is 29.3 Å². The van der Waals surface area contributed by atoms with E-state index in [9.17, 15) is 26.3 Å². The highest BCUT2D eigenvalue weighted by atomic mass is 19.4. The van der Waals surface area contributed by atoms with Crippen molar-refractivity contribution < 1.29 is 36.6 Å². The first-order valence-electron chi connectivity index (χ1n) is 4.04. The van der Waals surface area contributed by atoms with Crippen LogP contribution in [0.4, 0.5) is 26.3 Å². The molecule has 2 N–H and O–H groups in total. The van der Waals surface area contributed by atoms with E-state index in [1.807, 2.05) is 0 Å². The van der Waals surface area contributed by atoms with E-state index in [0.717, 1.165) is 6.26 Å². The second kappa shape index (κ2) is 5.48. The van der Waals surface area contributed by atoms with E-state index in [1.165, 1.54) is 0 Å². The number of hydrogen-bond acceptors (Lipinski definition) is 3. The number of rotatable bonds is 0. The third-order valence-corrected chi connectivity index (χ3v) is 1.63. The number of nitriles is 1. The lowest BCUT2D eigenvalue weighted by atomic mass is 10.1. The molecule has 0 heterocycles. The molecule has 0 aliphatic carbocycles. The highest BCUT2D eigenvalue weighted by Gasteiger charge is 2.37. The fraction of sp³-hybridized carbons (Fsp3) is 0.222. The number of aliphatic hydroxyl groups excluding tert-OH is 1. The molecule has 0 aliphatic rings. The zero-order valence-corrected chi connectivity index (χ0v) is 8.34. The number of phenolic OH excluding ortho intramolecular Hbond substituents is 1. The molecule has 100 valence electrons. The van der Waals surface area contributed by atoms with Crippen molar-refractivity contribution in [2.45, 2.75) is 12.4 Å². The topological polar surface area (TPSA) is 64.2 Å². The first kappa shape index (κ1) is 15.9. The quantitative estimate of drug-likeness (QED) is 0.563. The first-order valence-corrected chi connectivity index (χ1v) is 4.04. The molecule has 0 amide bonds. The zero-order chi connectivity index (χ0) is 14.6. The molecule has 0 saturated carbocycles. The Hall–Kier alpha value is -2.11. The van der Waals surface area contributed by atoms with Gasteiger partial charge in [-0.25, -0.2) is 0 Å². The molecule has 1 aromatic carbocycles. The lowest BCUT2D eigenvalue weighted by Crippen LogP contribution is -2.09. The van der Waals surface area contributed by atoms with Gasteiger partial charge in [0.05, 0.1) is 11.1 Å². The van der Waals surface area contributed by atoms with Crippen molar-refractivity contribution in [2.24, 2.45) is 0 Å². The Bertz CT molecular complexity index is 446. The van der Waals surface area contributed by atoms with Crippen LogP contribution in [-0.2, 0) is 12.4 Å². The van der Waals surface area contributed by atoms with E-state index in [0.29, 0.717) is 0 Å². The van der Waals surface area contributed by atoms with E-state index in [2.05, 4.69) is 0 Å². The molecule has 18 heavy (non-hydrogen) atoms. The molecule has 0 atom stereocenters. The van der Waals surface area contributed by atoms with Crippen LogP contribution in [0.2, 0.25) is 0 Å². The van der Waals surface area contributed by atoms with Gasteiger partial charge in [-0.2, -0.15) is 31.6 Å². The Morgan fingerprint density at radius 2 is 1.44 bits per heavy atom. The summed E-state index contributed by atoms with van der Waals surface area (Å²) in [6.45, 7) is 0. The number of hydrogen-bond donors (Lipinski definition) is 2. The lowest BCUT2D eigenvalue weighted by molar-refractivity contribution is -0.142. The lowest BCUT2D eigenvalue weighted by Gasteiger charge is -2.11. The van der Waals surface area contributed by atoms with E-state index in [-0.39, 0.29) is 18.2 Å². The number of nitrogens with zero attached hydrogens (tertiary/aromatic N) is 1. The monoisotopic (exact) mass is 273 g/mol. The van der Waals surface area contributed by atoms with Crippen molar-refractivity contribution in [1.29, 1.82) is 5.26 Å². The van der Waals surface area contributed by atoms with Crippen molar-refractivity contribution in [3.63, 3.8) is 0 Å². The van der Waals surface area contributed by atoms with Gasteiger partial charge >= 0.3 is 12.4 Å². The highest BCUT2D eigenvalue weighted by molar-refractivity contribution is 5.39. The van der Waals surface area contributed by atoms with Crippen LogP contribution in [0.25, 0.3) is 0 Å². The van der Waals surface area contributed by atoms with Gasteiger partial charge < -0.3 is 10.2 Å². The van der Waals surface area contributed by atoms with Crippen LogP contribution in [-0.4, -0.2) is 10.2 Å². The standard InChI is InChI=1S/C8H4F6O.CHNO/c9-7(10,11)4-1-2-5(6(15)3-4)8(12,13)14;2-1-3/h1-3,15H;3H. The minimum Gasteiger partial charge on any atom is -0.507 e. The van der Waals surface area contributed by atoms with Gasteiger partial charge in [0.15, 0.2) is 0 Å². The summed E-state index contributed by atoms with van der Waals surface area (Å²) in [5.74, 6) is -1.43. The number of benzene rings is 1. The van der Waals surface area contributed by atoms with Gasteiger partial charge in [-0.3, -0.25) is 0 Å². The Balaban J connectivity index is 0.000000873. The second-order valence-corrected chi connectivity index (χ2v) is 2.83. The van der Waals surface area contributed by atoms with Crippen LogP contribution >= 0.6 is 0 Å². The molecular weight excluding hydrogens is 268 g/mol. The first-order chi connectivity index (χ1) is 8.04. The molecule has 0 spiro atoms. The zero-order valence-electron chi connectivity index (χ0n) is 8.34. The molecule has 1 rings (SSSR count). The van der Waals surface area contributed by atoms with E-state index in [4.69, 9.17) is 15.5 Å². The number of aromatic hydroxyl groups is 1. The van der Waals surface area contributed by atoms with E-state index >= 15 is 0 Å². The largest absolute Gasteiger partial charge is 0.507 e. The number of aliphatic hydroxyl groups is 1. The SMILES string of the molecule is N#CO.Oc1cc(C(F)(F)F)ccc1C(F)(F)F. The van der Waals surface area contributed by atoms with E-state index < -0.39 is 29.2 Å². The van der Waals surface area contributed by atoms with Gasteiger partial charge in [-0.15, -0.1) is 0 Å². The molecule has 3 nitrogen and oxygen atoms in total. The minimum absolute atomic E-state index is 0.0445. The van der Waals surface area contributed by atoms with Crippen LogP contribution in [0.5, 0.6) is 5.75 Å². The molecule has 1 aromatic rings. The Kier molecular flexibility index (Phi) is 4.84. The van der Waals surface area contributed by atoms with Gasteiger partial charge in [0.2, 0.25) is 0 Å². The average Bonchev–Trinajstić information content (AvgIpc) is 2.15. The van der Waals surface area contributed by atoms with Gasteiger partial charge in [0.25, 0.3) is 6.26 Å². The average molecular weight is 273 g/mol. The van der Waals surface area contributed by atoms with Crippen molar-refractivity contribution in [1.82, 2.24) is 0 Å². The van der Waals surface area contributed by atoms with Gasteiger partial charge in [-0.1, -0.05) is 0 Å². The van der Waals surface area contributed by atoms with Gasteiger partial charge in [0.1, 0.15) is 5.75 Å². The van der Waals surface area contributed by atoms with Crippen molar-refractivity contribution in [3.8, 4) is 12.0 Å². The normalized spacial score (nSPS) is 11.2. The minimum atomic E-state index is -4.87. The number of halogens is 6. The molecule has 9 heteroatoms. The number of alkyl halides is 6. The Morgan fingerprint density at radius 3 is 1.72 bits per heavy atom. The third kappa shape index (κ3) is 4.40. The molecule has 0 bridgehead atoms. The third-order valence-electron chi connectivity index (χ3n) is 1.63. The summed E-state index contributed by atoms with van der Waals surface area (Å²) in [5, 5.41) is 22.5. The van der Waals surface area contributed by atoms with Crippen LogP contribution < -0.4 is 0 Å². The molecule has 0 aromatic heterocycles. The number of phenols is 1. The Morgan fingerprint density at radius 1 is 1.00 bits per heavy atom.